The van der Waals surface area contributed by atoms with Crippen molar-refractivity contribution in [1.29, 1.82) is 0 Å². The van der Waals surface area contributed by atoms with Crippen LogP contribution in [-0.2, 0) is 11.3 Å². The number of ether oxygens (including phenoxy) is 1. The third kappa shape index (κ3) is 3.88. The first-order valence-electron chi connectivity index (χ1n) is 8.29. The first kappa shape index (κ1) is 17.2. The van der Waals surface area contributed by atoms with Crippen LogP contribution in [0, 0.1) is 5.92 Å². The van der Waals surface area contributed by atoms with Crippen molar-refractivity contribution >= 4 is 33.1 Å². The van der Waals surface area contributed by atoms with E-state index in [4.69, 9.17) is 4.74 Å². The Bertz CT molecular complexity index is 738. The SMILES string of the molecule is CC(C)(C)OC(=O)N1CCCC(Cn2nnc3cccc(Br)c32)C1. The van der Waals surface area contributed by atoms with Gasteiger partial charge in [0.25, 0.3) is 0 Å². The zero-order chi connectivity index (χ0) is 17.3. The number of halogens is 1. The normalized spacial score (nSPS) is 18.8. The molecule has 0 bridgehead atoms. The highest BCUT2D eigenvalue weighted by molar-refractivity contribution is 9.10. The summed E-state index contributed by atoms with van der Waals surface area (Å²) in [6.07, 6.45) is 1.83. The van der Waals surface area contributed by atoms with Crippen molar-refractivity contribution < 1.29 is 9.53 Å². The minimum absolute atomic E-state index is 0.225. The summed E-state index contributed by atoms with van der Waals surface area (Å²) < 4.78 is 8.42. The summed E-state index contributed by atoms with van der Waals surface area (Å²) >= 11 is 3.57. The molecule has 7 heteroatoms. The van der Waals surface area contributed by atoms with Crippen LogP contribution in [0.4, 0.5) is 4.79 Å². The second kappa shape index (κ2) is 6.70. The van der Waals surface area contributed by atoms with E-state index in [2.05, 4.69) is 26.2 Å². The molecule has 1 saturated heterocycles. The number of fused-ring (bicyclic) bond motifs is 1. The van der Waals surface area contributed by atoms with Gasteiger partial charge in [0.1, 0.15) is 16.6 Å². The van der Waals surface area contributed by atoms with Gasteiger partial charge in [-0.15, -0.1) is 5.10 Å². The van der Waals surface area contributed by atoms with Gasteiger partial charge in [0.15, 0.2) is 0 Å². The molecule has 1 atom stereocenters. The number of benzene rings is 1. The predicted octanol–water partition coefficient (Wildman–Crippen LogP) is 3.84. The zero-order valence-corrected chi connectivity index (χ0v) is 15.9. The molecule has 1 fully saturated rings. The molecule has 0 radical (unpaired) electrons. The molecular weight excluding hydrogens is 372 g/mol. The Labute approximate surface area is 150 Å². The number of aromatic nitrogens is 3. The number of carbonyl (C=O) groups is 1. The van der Waals surface area contributed by atoms with Gasteiger partial charge in [-0.25, -0.2) is 9.48 Å². The number of likely N-dealkylation sites (tertiary alicyclic amines) is 1. The number of nitrogens with zero attached hydrogens (tertiary/aromatic N) is 4. The number of rotatable bonds is 2. The quantitative estimate of drug-likeness (QED) is 0.775. The number of piperidine rings is 1. The molecule has 130 valence electrons. The summed E-state index contributed by atoms with van der Waals surface area (Å²) in [6, 6.07) is 5.91. The van der Waals surface area contributed by atoms with E-state index in [0.717, 1.165) is 41.4 Å². The molecule has 1 aliphatic rings. The van der Waals surface area contributed by atoms with Crippen LogP contribution in [0.25, 0.3) is 11.0 Å². The summed E-state index contributed by atoms with van der Waals surface area (Å²) in [5.41, 5.74) is 1.42. The van der Waals surface area contributed by atoms with Crippen molar-refractivity contribution in [1.82, 2.24) is 19.9 Å². The Balaban J connectivity index is 1.70. The van der Waals surface area contributed by atoms with Gasteiger partial charge in [-0.1, -0.05) is 11.3 Å². The minimum atomic E-state index is -0.461. The Morgan fingerprint density at radius 3 is 2.96 bits per heavy atom. The summed E-state index contributed by atoms with van der Waals surface area (Å²) in [4.78, 5) is 14.1. The standard InChI is InChI=1S/C17H23BrN4O2/c1-17(2,3)24-16(23)21-9-5-6-12(10-21)11-22-15-13(18)7-4-8-14(15)19-20-22/h4,7-8,12H,5-6,9-11H2,1-3H3. The van der Waals surface area contributed by atoms with E-state index in [1.807, 2.05) is 48.6 Å². The van der Waals surface area contributed by atoms with E-state index < -0.39 is 5.60 Å². The molecule has 1 aromatic carbocycles. The highest BCUT2D eigenvalue weighted by Crippen LogP contribution is 2.25. The number of para-hydroxylation sites is 1. The lowest BCUT2D eigenvalue weighted by Crippen LogP contribution is -2.43. The van der Waals surface area contributed by atoms with Crippen molar-refractivity contribution in [3.05, 3.63) is 22.7 Å². The molecule has 1 unspecified atom stereocenters. The van der Waals surface area contributed by atoms with Crippen molar-refractivity contribution in [2.24, 2.45) is 5.92 Å². The third-order valence-electron chi connectivity index (χ3n) is 4.09. The summed E-state index contributed by atoms with van der Waals surface area (Å²) in [5.74, 6) is 0.350. The smallest absolute Gasteiger partial charge is 0.410 e. The first-order valence-corrected chi connectivity index (χ1v) is 9.08. The van der Waals surface area contributed by atoms with Crippen molar-refractivity contribution in [2.75, 3.05) is 13.1 Å². The van der Waals surface area contributed by atoms with Crippen LogP contribution in [0.2, 0.25) is 0 Å². The van der Waals surface area contributed by atoms with E-state index in [-0.39, 0.29) is 6.09 Å². The van der Waals surface area contributed by atoms with Gasteiger partial charge in [0.2, 0.25) is 0 Å². The van der Waals surface area contributed by atoms with Crippen molar-refractivity contribution in [2.45, 2.75) is 45.8 Å². The average molecular weight is 395 g/mol. The maximum atomic E-state index is 12.3. The van der Waals surface area contributed by atoms with Crippen LogP contribution in [0.5, 0.6) is 0 Å². The Hall–Kier alpha value is -1.63. The molecule has 0 spiro atoms. The fraction of sp³-hybridized carbons (Fsp3) is 0.588. The summed E-state index contributed by atoms with van der Waals surface area (Å²) in [7, 11) is 0. The summed E-state index contributed by atoms with van der Waals surface area (Å²) in [6.45, 7) is 7.88. The van der Waals surface area contributed by atoms with Gasteiger partial charge in [-0.2, -0.15) is 0 Å². The molecular formula is C17H23BrN4O2. The lowest BCUT2D eigenvalue weighted by Gasteiger charge is -2.34. The van der Waals surface area contributed by atoms with E-state index >= 15 is 0 Å². The topological polar surface area (TPSA) is 60.2 Å². The molecule has 1 aliphatic heterocycles. The molecule has 24 heavy (non-hydrogen) atoms. The van der Waals surface area contributed by atoms with Crippen molar-refractivity contribution in [3.63, 3.8) is 0 Å². The highest BCUT2D eigenvalue weighted by Gasteiger charge is 2.28. The van der Waals surface area contributed by atoms with Crippen LogP contribution in [0.1, 0.15) is 33.6 Å². The lowest BCUT2D eigenvalue weighted by molar-refractivity contribution is 0.0155. The Morgan fingerprint density at radius 1 is 1.42 bits per heavy atom. The maximum Gasteiger partial charge on any atom is 0.410 e. The van der Waals surface area contributed by atoms with Crippen LogP contribution in [0.3, 0.4) is 0 Å². The van der Waals surface area contributed by atoms with Gasteiger partial charge in [0.05, 0.1) is 0 Å². The van der Waals surface area contributed by atoms with Crippen LogP contribution in [-0.4, -0.2) is 44.7 Å². The van der Waals surface area contributed by atoms with Crippen molar-refractivity contribution in [3.8, 4) is 0 Å². The zero-order valence-electron chi connectivity index (χ0n) is 14.3. The molecule has 0 saturated carbocycles. The Kier molecular flexibility index (Phi) is 4.80. The molecule has 0 aliphatic carbocycles. The third-order valence-corrected chi connectivity index (χ3v) is 4.73. The van der Waals surface area contributed by atoms with E-state index in [1.165, 1.54) is 0 Å². The van der Waals surface area contributed by atoms with Crippen LogP contribution in [0.15, 0.2) is 22.7 Å². The van der Waals surface area contributed by atoms with Gasteiger partial charge in [-0.05, 0) is 67.6 Å². The van der Waals surface area contributed by atoms with E-state index in [1.54, 1.807) is 0 Å². The molecule has 2 aromatic rings. The lowest BCUT2D eigenvalue weighted by atomic mass is 9.98. The van der Waals surface area contributed by atoms with Crippen LogP contribution >= 0.6 is 15.9 Å². The van der Waals surface area contributed by atoms with Gasteiger partial charge < -0.3 is 9.64 Å². The molecule has 2 heterocycles. The number of hydrogen-bond acceptors (Lipinski definition) is 4. The molecule has 6 nitrogen and oxygen atoms in total. The monoisotopic (exact) mass is 394 g/mol. The largest absolute Gasteiger partial charge is 0.444 e. The van der Waals surface area contributed by atoms with Gasteiger partial charge in [0, 0.05) is 24.1 Å². The average Bonchev–Trinajstić information content (AvgIpc) is 2.90. The molecule has 0 N–H and O–H groups in total. The maximum absolute atomic E-state index is 12.3. The number of hydrogen-bond donors (Lipinski definition) is 0. The highest BCUT2D eigenvalue weighted by atomic mass is 79.9. The second-order valence-electron chi connectivity index (χ2n) is 7.31. The summed E-state index contributed by atoms with van der Waals surface area (Å²) in [5, 5.41) is 8.51. The molecule has 1 amide bonds. The predicted molar refractivity (Wildman–Crippen MR) is 95.8 cm³/mol. The number of carbonyl (C=O) groups excluding carboxylic acids is 1. The van der Waals surface area contributed by atoms with Crippen LogP contribution < -0.4 is 0 Å². The van der Waals surface area contributed by atoms with E-state index in [0.29, 0.717) is 12.5 Å². The van der Waals surface area contributed by atoms with E-state index in [9.17, 15) is 4.79 Å². The van der Waals surface area contributed by atoms with Gasteiger partial charge >= 0.3 is 6.09 Å². The second-order valence-corrected chi connectivity index (χ2v) is 8.17. The Morgan fingerprint density at radius 2 is 2.21 bits per heavy atom. The number of amides is 1. The fourth-order valence-electron chi connectivity index (χ4n) is 3.07. The molecule has 1 aromatic heterocycles. The van der Waals surface area contributed by atoms with Gasteiger partial charge in [-0.3, -0.25) is 0 Å². The minimum Gasteiger partial charge on any atom is -0.444 e. The first-order chi connectivity index (χ1) is 11.3. The molecule has 3 rings (SSSR count). The fourth-order valence-corrected chi connectivity index (χ4v) is 3.63.